The van der Waals surface area contributed by atoms with Crippen molar-refractivity contribution in [1.82, 2.24) is 5.32 Å². The zero-order chi connectivity index (χ0) is 21.8. The van der Waals surface area contributed by atoms with E-state index in [1.54, 1.807) is 49.4 Å². The van der Waals surface area contributed by atoms with Gasteiger partial charge in [-0.2, -0.15) is 0 Å². The monoisotopic (exact) mass is 417 g/mol. The van der Waals surface area contributed by atoms with E-state index in [-0.39, 0.29) is 11.9 Å². The summed E-state index contributed by atoms with van der Waals surface area (Å²) < 4.78 is 24.9. The van der Waals surface area contributed by atoms with Crippen molar-refractivity contribution in [2.45, 2.75) is 33.2 Å². The molecule has 2 aromatic rings. The first kappa shape index (κ1) is 22.4. The van der Waals surface area contributed by atoms with E-state index in [4.69, 9.17) is 0 Å². The van der Waals surface area contributed by atoms with Crippen molar-refractivity contribution in [2.24, 2.45) is 0 Å². The summed E-state index contributed by atoms with van der Waals surface area (Å²) in [6.45, 7) is 5.57. The highest BCUT2D eigenvalue weighted by Crippen LogP contribution is 2.25. The summed E-state index contributed by atoms with van der Waals surface area (Å²) in [6.07, 6.45) is 1.89. The molecule has 156 valence electrons. The molecule has 0 aromatic heterocycles. The molecule has 2 N–H and O–H groups in total. The summed E-state index contributed by atoms with van der Waals surface area (Å²) in [5, 5.41) is 5.66. The molecule has 0 saturated carbocycles. The minimum absolute atomic E-state index is 0.0108. The highest BCUT2D eigenvalue weighted by atomic mass is 32.2. The van der Waals surface area contributed by atoms with Gasteiger partial charge in [0.15, 0.2) is 0 Å². The summed E-state index contributed by atoms with van der Waals surface area (Å²) in [4.78, 5) is 25.4. The van der Waals surface area contributed by atoms with Crippen LogP contribution in [0.2, 0.25) is 0 Å². The van der Waals surface area contributed by atoms with Crippen molar-refractivity contribution < 1.29 is 18.0 Å². The van der Waals surface area contributed by atoms with E-state index in [1.165, 1.54) is 7.05 Å². The zero-order valence-electron chi connectivity index (χ0n) is 17.3. The van der Waals surface area contributed by atoms with Crippen molar-refractivity contribution in [3.05, 3.63) is 59.2 Å². The fraction of sp³-hybridized carbons (Fsp3) is 0.333. The maximum atomic E-state index is 12.9. The van der Waals surface area contributed by atoms with Gasteiger partial charge >= 0.3 is 0 Å². The first-order chi connectivity index (χ1) is 13.6. The minimum atomic E-state index is -3.46. The van der Waals surface area contributed by atoms with Gasteiger partial charge in [-0.25, -0.2) is 8.42 Å². The van der Waals surface area contributed by atoms with E-state index in [0.29, 0.717) is 28.1 Å². The van der Waals surface area contributed by atoms with Crippen LogP contribution in [0.4, 0.5) is 11.4 Å². The number of carbonyl (C=O) groups excluding carboxylic acids is 2. The van der Waals surface area contributed by atoms with Gasteiger partial charge in [-0.1, -0.05) is 25.1 Å². The lowest BCUT2D eigenvalue weighted by Gasteiger charge is -2.21. The fourth-order valence-corrected chi connectivity index (χ4v) is 3.33. The number of benzene rings is 2. The van der Waals surface area contributed by atoms with Crippen molar-refractivity contribution in [1.29, 1.82) is 0 Å². The molecule has 2 aromatic carbocycles. The van der Waals surface area contributed by atoms with Crippen LogP contribution < -0.4 is 14.9 Å². The number of hydrogen-bond acceptors (Lipinski definition) is 4. The lowest BCUT2D eigenvalue weighted by atomic mass is 10.1. The molecule has 2 amide bonds. The number of nitrogens with zero attached hydrogens (tertiary/aromatic N) is 1. The molecular formula is C21H27N3O4S. The maximum absolute atomic E-state index is 12.9. The van der Waals surface area contributed by atoms with Gasteiger partial charge in [0.05, 0.1) is 23.2 Å². The van der Waals surface area contributed by atoms with Crippen molar-refractivity contribution >= 4 is 33.2 Å². The second kappa shape index (κ2) is 9.09. The van der Waals surface area contributed by atoms with Crippen LogP contribution in [-0.4, -0.2) is 39.6 Å². The summed E-state index contributed by atoms with van der Waals surface area (Å²) in [7, 11) is -2.02. The van der Waals surface area contributed by atoms with Crippen LogP contribution in [0.1, 0.15) is 46.5 Å². The van der Waals surface area contributed by atoms with Crippen molar-refractivity contribution in [3.63, 3.8) is 0 Å². The third kappa shape index (κ3) is 5.35. The summed E-state index contributed by atoms with van der Waals surface area (Å²) in [5.41, 5.74) is 2.03. The molecule has 0 heterocycles. The molecule has 0 fully saturated rings. The first-order valence-corrected chi connectivity index (χ1v) is 11.2. The summed E-state index contributed by atoms with van der Waals surface area (Å²) >= 11 is 0. The van der Waals surface area contributed by atoms with Crippen LogP contribution in [-0.2, 0) is 10.0 Å². The van der Waals surface area contributed by atoms with Crippen LogP contribution >= 0.6 is 0 Å². The van der Waals surface area contributed by atoms with E-state index < -0.39 is 15.9 Å². The lowest BCUT2D eigenvalue weighted by molar-refractivity contribution is 0.0940. The van der Waals surface area contributed by atoms with Crippen LogP contribution in [0.3, 0.4) is 0 Å². The molecule has 0 bridgehead atoms. The Morgan fingerprint density at radius 1 is 1.03 bits per heavy atom. The highest BCUT2D eigenvalue weighted by Gasteiger charge is 2.20. The Bertz CT molecular complexity index is 1020. The molecule has 0 radical (unpaired) electrons. The van der Waals surface area contributed by atoms with Crippen LogP contribution in [0.15, 0.2) is 42.5 Å². The molecule has 1 atom stereocenters. The van der Waals surface area contributed by atoms with Crippen LogP contribution in [0.5, 0.6) is 0 Å². The highest BCUT2D eigenvalue weighted by molar-refractivity contribution is 7.92. The first-order valence-electron chi connectivity index (χ1n) is 9.31. The van der Waals surface area contributed by atoms with E-state index in [2.05, 4.69) is 10.6 Å². The third-order valence-electron chi connectivity index (χ3n) is 4.80. The average molecular weight is 418 g/mol. The minimum Gasteiger partial charge on any atom is -0.350 e. The number of sulfonamides is 1. The molecule has 0 spiro atoms. The third-order valence-corrected chi connectivity index (χ3v) is 5.99. The molecule has 0 saturated heterocycles. The fourth-order valence-electron chi connectivity index (χ4n) is 2.77. The molecule has 29 heavy (non-hydrogen) atoms. The molecule has 2 rings (SSSR count). The molecule has 0 aliphatic rings. The predicted octanol–water partition coefficient (Wildman–Crippen LogP) is 3.17. The smallest absolute Gasteiger partial charge is 0.256 e. The Kier molecular flexibility index (Phi) is 7.02. The number of anilines is 2. The average Bonchev–Trinajstić information content (AvgIpc) is 2.67. The molecule has 7 nitrogen and oxygen atoms in total. The Morgan fingerprint density at radius 3 is 2.28 bits per heavy atom. The van der Waals surface area contributed by atoms with E-state index in [0.717, 1.165) is 17.0 Å². The molecule has 0 unspecified atom stereocenters. The van der Waals surface area contributed by atoms with Crippen molar-refractivity contribution in [3.8, 4) is 0 Å². The van der Waals surface area contributed by atoms with Gasteiger partial charge < -0.3 is 10.6 Å². The van der Waals surface area contributed by atoms with Gasteiger partial charge in [0.2, 0.25) is 10.0 Å². The van der Waals surface area contributed by atoms with Gasteiger partial charge in [0.25, 0.3) is 11.8 Å². The number of carbonyl (C=O) groups is 2. The van der Waals surface area contributed by atoms with Crippen LogP contribution in [0, 0.1) is 6.92 Å². The van der Waals surface area contributed by atoms with Crippen molar-refractivity contribution in [2.75, 3.05) is 22.9 Å². The number of rotatable bonds is 7. The zero-order valence-corrected chi connectivity index (χ0v) is 18.1. The summed E-state index contributed by atoms with van der Waals surface area (Å²) in [6, 6.07) is 11.7. The van der Waals surface area contributed by atoms with E-state index in [1.807, 2.05) is 13.8 Å². The van der Waals surface area contributed by atoms with Gasteiger partial charge in [-0.3, -0.25) is 13.9 Å². The molecular weight excluding hydrogens is 390 g/mol. The largest absolute Gasteiger partial charge is 0.350 e. The quantitative estimate of drug-likeness (QED) is 0.723. The molecule has 0 aliphatic heterocycles. The SMILES string of the molecule is CC[C@H](C)NC(=O)c1ccccc1NC(=O)c1cccc(N(C)S(C)(=O)=O)c1C. The number of para-hydroxylation sites is 1. The standard InChI is InChI=1S/C21H27N3O4S/c1-6-14(2)22-21(26)17-10-7-8-12-18(17)23-20(25)16-11-9-13-19(15(16)3)24(4)29(5,27)28/h7-14H,6H2,1-5H3,(H,22,26)(H,23,25)/t14-/m0/s1. The second-order valence-corrected chi connectivity index (χ2v) is 8.98. The lowest BCUT2D eigenvalue weighted by Crippen LogP contribution is -2.32. The number of amides is 2. The Labute approximate surface area is 172 Å². The van der Waals surface area contributed by atoms with E-state index in [9.17, 15) is 18.0 Å². The van der Waals surface area contributed by atoms with Gasteiger partial charge in [-0.15, -0.1) is 0 Å². The maximum Gasteiger partial charge on any atom is 0.256 e. The van der Waals surface area contributed by atoms with Gasteiger partial charge in [0.1, 0.15) is 0 Å². The Morgan fingerprint density at radius 2 is 1.66 bits per heavy atom. The summed E-state index contributed by atoms with van der Waals surface area (Å²) in [5.74, 6) is -0.687. The molecule has 0 aliphatic carbocycles. The Hall–Kier alpha value is -2.87. The van der Waals surface area contributed by atoms with E-state index >= 15 is 0 Å². The predicted molar refractivity (Wildman–Crippen MR) is 116 cm³/mol. The van der Waals surface area contributed by atoms with Gasteiger partial charge in [0, 0.05) is 18.7 Å². The number of nitrogens with one attached hydrogen (secondary N) is 2. The normalized spacial score (nSPS) is 12.2. The van der Waals surface area contributed by atoms with Gasteiger partial charge in [-0.05, 0) is 50.1 Å². The second-order valence-electron chi connectivity index (χ2n) is 6.96. The Balaban J connectivity index is 2.34. The van der Waals surface area contributed by atoms with Crippen LogP contribution in [0.25, 0.3) is 0 Å². The molecule has 8 heteroatoms. The topological polar surface area (TPSA) is 95.6 Å². The number of hydrogen-bond donors (Lipinski definition) is 2.